The molecule has 0 fully saturated rings. The second kappa shape index (κ2) is 7.67. The number of nitrogens with zero attached hydrogens (tertiary/aromatic N) is 4. The zero-order valence-electron chi connectivity index (χ0n) is 16.9. The summed E-state index contributed by atoms with van der Waals surface area (Å²) in [7, 11) is 0. The smallest absolute Gasteiger partial charge is 0.163 e. The molecule has 30 heavy (non-hydrogen) atoms. The number of carbonyl (C=O) groups excluding carboxylic acids is 1. The van der Waals surface area contributed by atoms with E-state index in [1.165, 1.54) is 5.56 Å². The summed E-state index contributed by atoms with van der Waals surface area (Å²) in [5.41, 5.74) is 7.01. The van der Waals surface area contributed by atoms with Gasteiger partial charge in [-0.1, -0.05) is 12.1 Å². The van der Waals surface area contributed by atoms with Crippen molar-refractivity contribution in [2.24, 2.45) is 0 Å². The highest BCUT2D eigenvalue weighted by atomic mass is 16.1. The first-order valence-electron chi connectivity index (χ1n) is 10.3. The average Bonchev–Trinajstić information content (AvgIpc) is 3.10. The molecule has 5 rings (SSSR count). The van der Waals surface area contributed by atoms with E-state index in [9.17, 15) is 4.79 Å². The zero-order valence-corrected chi connectivity index (χ0v) is 16.9. The van der Waals surface area contributed by atoms with Crippen LogP contribution in [0.15, 0.2) is 67.1 Å². The highest BCUT2D eigenvalue weighted by Gasteiger charge is 2.21. The highest BCUT2D eigenvalue weighted by Crippen LogP contribution is 2.32. The van der Waals surface area contributed by atoms with Crippen LogP contribution in [0.4, 0.5) is 0 Å². The minimum absolute atomic E-state index is 0.209. The van der Waals surface area contributed by atoms with E-state index >= 15 is 0 Å². The maximum Gasteiger partial charge on any atom is 0.163 e. The summed E-state index contributed by atoms with van der Waals surface area (Å²) in [6, 6.07) is 14.2. The number of hydrogen-bond acceptors (Lipinski definition) is 4. The molecule has 0 spiro atoms. The second-order valence-corrected chi connectivity index (χ2v) is 7.70. The lowest BCUT2D eigenvalue weighted by Crippen LogP contribution is -2.02. The fourth-order valence-electron chi connectivity index (χ4n) is 4.12. The van der Waals surface area contributed by atoms with Crippen molar-refractivity contribution in [3.05, 3.63) is 89.6 Å². The molecule has 0 aliphatic heterocycles. The van der Waals surface area contributed by atoms with Crippen molar-refractivity contribution in [2.45, 2.75) is 32.6 Å². The number of allylic oxidation sites excluding steroid dienone is 2. The molecule has 1 aliphatic carbocycles. The molecular weight excluding hydrogens is 372 g/mol. The summed E-state index contributed by atoms with van der Waals surface area (Å²) in [5, 5.41) is 5.64. The quantitative estimate of drug-likeness (QED) is 0.375. The van der Waals surface area contributed by atoms with Gasteiger partial charge in [0, 0.05) is 47.6 Å². The lowest BCUT2D eigenvalue weighted by Gasteiger charge is -2.11. The fourth-order valence-corrected chi connectivity index (χ4v) is 4.12. The van der Waals surface area contributed by atoms with Gasteiger partial charge in [0.1, 0.15) is 0 Å². The van der Waals surface area contributed by atoms with E-state index in [-0.39, 0.29) is 5.78 Å². The topological polar surface area (TPSA) is 60.7 Å². The number of benzene rings is 1. The molecule has 3 aromatic heterocycles. The Morgan fingerprint density at radius 2 is 2.00 bits per heavy atom. The van der Waals surface area contributed by atoms with E-state index in [0.717, 1.165) is 52.0 Å². The third-order valence-corrected chi connectivity index (χ3v) is 5.60. The number of carbonyl (C=O) groups is 1. The number of aryl methyl sites for hydroxylation is 2. The number of hydrogen-bond donors (Lipinski definition) is 0. The van der Waals surface area contributed by atoms with Crippen molar-refractivity contribution in [3.8, 4) is 5.69 Å². The van der Waals surface area contributed by atoms with Crippen LogP contribution in [-0.4, -0.2) is 25.5 Å². The number of pyridine rings is 2. The number of rotatable bonds is 3. The zero-order chi connectivity index (χ0) is 20.5. The highest BCUT2D eigenvalue weighted by molar-refractivity contribution is 6.22. The van der Waals surface area contributed by atoms with Crippen LogP contribution in [0.5, 0.6) is 0 Å². The van der Waals surface area contributed by atoms with Crippen LogP contribution in [0.3, 0.4) is 0 Å². The number of ketones is 1. The van der Waals surface area contributed by atoms with Crippen molar-refractivity contribution in [3.63, 3.8) is 0 Å². The first-order chi connectivity index (χ1) is 14.7. The van der Waals surface area contributed by atoms with Crippen LogP contribution in [0.2, 0.25) is 0 Å². The molecule has 0 atom stereocenters. The molecule has 148 valence electrons. The van der Waals surface area contributed by atoms with Gasteiger partial charge in [-0.3, -0.25) is 14.8 Å². The van der Waals surface area contributed by atoms with Crippen molar-refractivity contribution < 1.29 is 4.79 Å². The minimum Gasteiger partial charge on any atom is -0.294 e. The SMILES string of the molecule is Cc1cc(-n2ncc3cc4c(cc32)CCCC(=O)/C4=C\Cc2ccccn2)ccn1. The van der Waals surface area contributed by atoms with Gasteiger partial charge in [-0.15, -0.1) is 0 Å². The van der Waals surface area contributed by atoms with Gasteiger partial charge < -0.3 is 0 Å². The van der Waals surface area contributed by atoms with E-state index < -0.39 is 0 Å². The van der Waals surface area contributed by atoms with Gasteiger partial charge in [0.15, 0.2) is 5.78 Å². The molecule has 0 radical (unpaired) electrons. The maximum atomic E-state index is 12.9. The predicted octanol–water partition coefficient (Wildman–Crippen LogP) is 4.66. The van der Waals surface area contributed by atoms with E-state index in [1.54, 1.807) is 12.4 Å². The lowest BCUT2D eigenvalue weighted by atomic mass is 9.95. The van der Waals surface area contributed by atoms with Crippen LogP contribution in [-0.2, 0) is 17.6 Å². The summed E-state index contributed by atoms with van der Waals surface area (Å²) in [5.74, 6) is 0.209. The van der Waals surface area contributed by atoms with Gasteiger partial charge in [0.05, 0.1) is 17.4 Å². The van der Waals surface area contributed by atoms with E-state index in [2.05, 4.69) is 27.2 Å². The van der Waals surface area contributed by atoms with Gasteiger partial charge in [0.2, 0.25) is 0 Å². The Morgan fingerprint density at radius 3 is 2.83 bits per heavy atom. The van der Waals surface area contributed by atoms with Crippen molar-refractivity contribution in [1.82, 2.24) is 19.7 Å². The number of Topliss-reactive ketones (excluding diaryl/α,β-unsaturated/α-hetero) is 1. The first-order valence-corrected chi connectivity index (χ1v) is 10.3. The van der Waals surface area contributed by atoms with Crippen molar-refractivity contribution >= 4 is 22.3 Å². The van der Waals surface area contributed by atoms with E-state index in [0.29, 0.717) is 12.8 Å². The molecule has 1 aromatic carbocycles. The summed E-state index contributed by atoms with van der Waals surface area (Å²) in [4.78, 5) is 21.6. The van der Waals surface area contributed by atoms with Gasteiger partial charge >= 0.3 is 0 Å². The normalized spacial score (nSPS) is 15.4. The van der Waals surface area contributed by atoms with Crippen LogP contribution >= 0.6 is 0 Å². The fraction of sp³-hybridized carbons (Fsp3) is 0.200. The molecule has 3 heterocycles. The molecule has 5 heteroatoms. The van der Waals surface area contributed by atoms with Gasteiger partial charge in [-0.25, -0.2) is 4.68 Å². The molecule has 5 nitrogen and oxygen atoms in total. The van der Waals surface area contributed by atoms with Crippen molar-refractivity contribution in [1.29, 1.82) is 0 Å². The Kier molecular flexibility index (Phi) is 4.71. The maximum absolute atomic E-state index is 12.9. The standard InChI is InChI=1S/C25H22N4O/c1-17-13-21(10-12-26-17)29-24-15-18-5-4-7-25(30)22(23(18)14-19(24)16-28-29)9-8-20-6-2-3-11-27-20/h2-3,6,9-16H,4-5,7-8H2,1H3/b22-9-. The molecule has 0 amide bonds. The lowest BCUT2D eigenvalue weighted by molar-refractivity contribution is -0.113. The summed E-state index contributed by atoms with van der Waals surface area (Å²) in [6.07, 6.45) is 10.5. The Balaban J connectivity index is 1.61. The third-order valence-electron chi connectivity index (χ3n) is 5.60. The Morgan fingerprint density at radius 1 is 1.07 bits per heavy atom. The van der Waals surface area contributed by atoms with E-state index in [4.69, 9.17) is 0 Å². The van der Waals surface area contributed by atoms with Crippen LogP contribution in [0.1, 0.15) is 35.4 Å². The van der Waals surface area contributed by atoms with Crippen LogP contribution < -0.4 is 0 Å². The minimum atomic E-state index is 0.209. The Labute approximate surface area is 175 Å². The molecule has 0 unspecified atom stereocenters. The van der Waals surface area contributed by atoms with Crippen LogP contribution in [0, 0.1) is 6.92 Å². The largest absolute Gasteiger partial charge is 0.294 e. The second-order valence-electron chi connectivity index (χ2n) is 7.70. The monoisotopic (exact) mass is 394 g/mol. The van der Waals surface area contributed by atoms with Gasteiger partial charge in [-0.2, -0.15) is 5.10 Å². The predicted molar refractivity (Wildman–Crippen MR) is 117 cm³/mol. The summed E-state index contributed by atoms with van der Waals surface area (Å²) in [6.45, 7) is 1.98. The molecule has 0 saturated carbocycles. The number of aromatic nitrogens is 4. The summed E-state index contributed by atoms with van der Waals surface area (Å²) < 4.78 is 1.95. The average molecular weight is 394 g/mol. The van der Waals surface area contributed by atoms with Gasteiger partial charge in [-0.05, 0) is 67.3 Å². The molecular formula is C25H22N4O. The molecule has 0 bridgehead atoms. The molecule has 0 saturated heterocycles. The van der Waals surface area contributed by atoms with Crippen molar-refractivity contribution in [2.75, 3.05) is 0 Å². The number of fused-ring (bicyclic) bond motifs is 2. The van der Waals surface area contributed by atoms with Gasteiger partial charge in [0.25, 0.3) is 0 Å². The Bertz CT molecular complexity index is 1270. The third kappa shape index (κ3) is 3.43. The Hall–Kier alpha value is -3.60. The molecule has 4 aromatic rings. The molecule has 1 aliphatic rings. The summed E-state index contributed by atoms with van der Waals surface area (Å²) >= 11 is 0. The van der Waals surface area contributed by atoms with Crippen LogP contribution in [0.25, 0.3) is 22.2 Å². The first kappa shape index (κ1) is 18.4. The van der Waals surface area contributed by atoms with E-state index in [1.807, 2.05) is 54.2 Å². The molecule has 0 N–H and O–H groups in total.